The molecule has 3 fully saturated rings. The molecule has 8 heteroatoms. The number of hydrogen-bond acceptors (Lipinski definition) is 6. The molecule has 3 aliphatic heterocycles. The average molecular weight is 553 g/mol. The van der Waals surface area contributed by atoms with Crippen LogP contribution in [0.3, 0.4) is 0 Å². The number of benzene rings is 1. The van der Waals surface area contributed by atoms with Gasteiger partial charge in [0, 0.05) is 12.2 Å². The predicted octanol–water partition coefficient (Wildman–Crippen LogP) is 4.26. The number of carbonyl (C=O) groups excluding carboxylic acids is 3. The zero-order valence-electron chi connectivity index (χ0n) is 24.4. The van der Waals surface area contributed by atoms with E-state index in [4.69, 9.17) is 9.47 Å². The number of unbranched alkanes of at least 4 members (excludes halogenated alkanes) is 2. The van der Waals surface area contributed by atoms with Crippen molar-refractivity contribution in [3.05, 3.63) is 54.6 Å². The van der Waals surface area contributed by atoms with Gasteiger partial charge in [0.1, 0.15) is 17.6 Å². The van der Waals surface area contributed by atoms with Gasteiger partial charge in [-0.1, -0.05) is 31.2 Å². The maximum Gasteiger partial charge on any atom is 0.312 e. The van der Waals surface area contributed by atoms with Crippen molar-refractivity contribution in [1.82, 2.24) is 4.90 Å². The summed E-state index contributed by atoms with van der Waals surface area (Å²) in [4.78, 5) is 45.7. The number of allylic oxidation sites excluding steroid dienone is 1. The summed E-state index contributed by atoms with van der Waals surface area (Å²) in [5.41, 5.74) is 0.563. The van der Waals surface area contributed by atoms with Crippen LogP contribution < -0.4 is 4.90 Å². The zero-order chi connectivity index (χ0) is 29.2. The second-order valence-corrected chi connectivity index (χ2v) is 11.7. The van der Waals surface area contributed by atoms with Gasteiger partial charge in [0.2, 0.25) is 5.91 Å². The fourth-order valence-electron chi connectivity index (χ4n) is 7.05. The molecule has 1 aromatic carbocycles. The predicted molar refractivity (Wildman–Crippen MR) is 154 cm³/mol. The van der Waals surface area contributed by atoms with Gasteiger partial charge in [-0.2, -0.15) is 0 Å². The summed E-state index contributed by atoms with van der Waals surface area (Å²) >= 11 is 0. The van der Waals surface area contributed by atoms with E-state index in [2.05, 4.69) is 13.2 Å². The second kappa shape index (κ2) is 11.9. The Labute approximate surface area is 238 Å². The molecule has 3 saturated heterocycles. The number of aryl methyl sites for hydroxylation is 2. The minimum Gasteiger partial charge on any atom is -0.465 e. The summed E-state index contributed by atoms with van der Waals surface area (Å²) in [6, 6.07) is 4.34. The van der Waals surface area contributed by atoms with Crippen LogP contribution in [0.5, 0.6) is 0 Å². The molecule has 0 radical (unpaired) electrons. The Hall–Kier alpha value is -2.97. The van der Waals surface area contributed by atoms with E-state index in [9.17, 15) is 19.5 Å². The molecule has 0 aliphatic carbocycles. The zero-order valence-corrected chi connectivity index (χ0v) is 24.4. The fraction of sp³-hybridized carbons (Fsp3) is 0.594. The molecule has 3 aliphatic rings. The summed E-state index contributed by atoms with van der Waals surface area (Å²) in [5.74, 6) is -2.75. The number of rotatable bonds is 13. The smallest absolute Gasteiger partial charge is 0.312 e. The number of aliphatic hydroxyl groups excluding tert-OH is 1. The van der Waals surface area contributed by atoms with Crippen LogP contribution in [0.1, 0.15) is 63.5 Å². The normalized spacial score (nSPS) is 29.3. The first kappa shape index (κ1) is 30.0. The summed E-state index contributed by atoms with van der Waals surface area (Å²) in [5, 5.41) is 10.3. The third-order valence-corrected chi connectivity index (χ3v) is 9.06. The second-order valence-electron chi connectivity index (χ2n) is 11.7. The number of amides is 2. The van der Waals surface area contributed by atoms with Crippen LogP contribution in [-0.4, -0.2) is 70.8 Å². The third kappa shape index (κ3) is 4.90. The van der Waals surface area contributed by atoms with Crippen molar-refractivity contribution in [3.8, 4) is 0 Å². The lowest BCUT2D eigenvalue weighted by atomic mass is 9.66. The Morgan fingerprint density at radius 2 is 2.00 bits per heavy atom. The lowest BCUT2D eigenvalue weighted by Gasteiger charge is -2.39. The number of aliphatic hydroxyl groups is 1. The van der Waals surface area contributed by atoms with Crippen LogP contribution in [0.15, 0.2) is 43.5 Å². The molecule has 4 rings (SSSR count). The molecule has 2 amide bonds. The number of ether oxygens (including phenoxy) is 2. The molecule has 6 atom stereocenters. The van der Waals surface area contributed by atoms with Crippen molar-refractivity contribution in [2.45, 2.75) is 89.5 Å². The van der Waals surface area contributed by atoms with E-state index in [1.807, 2.05) is 52.0 Å². The quantitative estimate of drug-likeness (QED) is 0.223. The molecule has 2 bridgehead atoms. The molecule has 3 heterocycles. The van der Waals surface area contributed by atoms with E-state index < -0.39 is 41.1 Å². The molecule has 40 heavy (non-hydrogen) atoms. The van der Waals surface area contributed by atoms with Crippen LogP contribution in [0.25, 0.3) is 0 Å². The van der Waals surface area contributed by atoms with Crippen molar-refractivity contribution in [2.75, 3.05) is 24.7 Å². The molecule has 1 aromatic rings. The van der Waals surface area contributed by atoms with Gasteiger partial charge in [-0.15, -0.1) is 13.2 Å². The van der Waals surface area contributed by atoms with Crippen LogP contribution in [0.4, 0.5) is 5.69 Å². The van der Waals surface area contributed by atoms with Gasteiger partial charge in [-0.3, -0.25) is 14.4 Å². The Kier molecular flexibility index (Phi) is 8.90. The van der Waals surface area contributed by atoms with Gasteiger partial charge in [0.05, 0.1) is 30.8 Å². The van der Waals surface area contributed by atoms with Gasteiger partial charge in [0.15, 0.2) is 0 Å². The standard InChI is InChI=1S/C32H44N2O6/c1-7-10-11-12-18-39-30(38)26-25-28(36)34(23(9-3)20-35)27(32(25)16-15-31(26,6)40-32)29(37)33(17-8-2)24-19-21(4)13-14-22(24)5/h7-8,13-14,19,23,25-27,35H,1-2,9-12,15-18,20H2,3-6H3/t23-,25-,26+,27?,31-,32?/m0/s1. The van der Waals surface area contributed by atoms with Crippen LogP contribution >= 0.6 is 0 Å². The Morgan fingerprint density at radius 1 is 1.25 bits per heavy atom. The van der Waals surface area contributed by atoms with Gasteiger partial charge in [0.25, 0.3) is 5.91 Å². The van der Waals surface area contributed by atoms with Crippen LogP contribution in [0.2, 0.25) is 0 Å². The number of anilines is 1. The number of likely N-dealkylation sites (tertiary alicyclic amines) is 1. The molecular formula is C32H44N2O6. The van der Waals surface area contributed by atoms with Crippen molar-refractivity contribution in [3.63, 3.8) is 0 Å². The molecule has 0 aromatic heterocycles. The minimum absolute atomic E-state index is 0.242. The average Bonchev–Trinajstić information content (AvgIpc) is 3.50. The maximum atomic E-state index is 14.7. The van der Waals surface area contributed by atoms with E-state index in [1.165, 1.54) is 4.90 Å². The molecule has 0 saturated carbocycles. The van der Waals surface area contributed by atoms with Gasteiger partial charge in [-0.05, 0) is 76.5 Å². The lowest BCUT2D eigenvalue weighted by molar-refractivity contribution is -0.160. The Balaban J connectivity index is 1.76. The molecule has 1 spiro atoms. The van der Waals surface area contributed by atoms with Crippen molar-refractivity contribution in [2.24, 2.45) is 11.8 Å². The molecule has 2 unspecified atom stereocenters. The van der Waals surface area contributed by atoms with E-state index in [0.717, 1.165) is 29.7 Å². The first-order valence-electron chi connectivity index (χ1n) is 14.5. The number of carbonyl (C=O) groups is 3. The number of nitrogens with zero attached hydrogens (tertiary/aromatic N) is 2. The van der Waals surface area contributed by atoms with Crippen LogP contribution in [-0.2, 0) is 23.9 Å². The van der Waals surface area contributed by atoms with Crippen molar-refractivity contribution in [1.29, 1.82) is 0 Å². The summed E-state index contributed by atoms with van der Waals surface area (Å²) < 4.78 is 12.4. The largest absolute Gasteiger partial charge is 0.465 e. The van der Waals surface area contributed by atoms with Gasteiger partial charge < -0.3 is 24.4 Å². The molecular weight excluding hydrogens is 508 g/mol. The fourth-order valence-corrected chi connectivity index (χ4v) is 7.05. The monoisotopic (exact) mass is 552 g/mol. The summed E-state index contributed by atoms with van der Waals surface area (Å²) in [7, 11) is 0. The minimum atomic E-state index is -1.19. The first-order valence-corrected chi connectivity index (χ1v) is 14.5. The topological polar surface area (TPSA) is 96.4 Å². The highest BCUT2D eigenvalue weighted by atomic mass is 16.6. The highest BCUT2D eigenvalue weighted by Crippen LogP contribution is 2.64. The first-order chi connectivity index (χ1) is 19.1. The Bertz CT molecular complexity index is 1160. The number of fused-ring (bicyclic) bond motifs is 1. The Morgan fingerprint density at radius 3 is 2.65 bits per heavy atom. The molecule has 1 N–H and O–H groups in total. The van der Waals surface area contributed by atoms with E-state index in [0.29, 0.717) is 25.7 Å². The maximum absolute atomic E-state index is 14.7. The number of esters is 1. The summed E-state index contributed by atoms with van der Waals surface area (Å²) in [6.07, 6.45) is 7.35. The van der Waals surface area contributed by atoms with Crippen molar-refractivity contribution >= 4 is 23.5 Å². The highest BCUT2D eigenvalue weighted by molar-refractivity contribution is 6.05. The highest BCUT2D eigenvalue weighted by Gasteiger charge is 2.79. The number of hydrogen-bond donors (Lipinski definition) is 1. The van der Waals surface area contributed by atoms with E-state index >= 15 is 0 Å². The summed E-state index contributed by atoms with van der Waals surface area (Å²) in [6.45, 7) is 15.5. The van der Waals surface area contributed by atoms with Gasteiger partial charge in [-0.25, -0.2) is 0 Å². The lowest BCUT2D eigenvalue weighted by Crippen LogP contribution is -2.59. The molecule has 8 nitrogen and oxygen atoms in total. The SMILES string of the molecule is C=CCCCCOC(=O)[C@H]1[C@H]2C(=O)N([C@@H](CC)CO)C(C(=O)N(CC=C)c3cc(C)ccc3C)C23CC[C@]1(C)O3. The van der Waals surface area contributed by atoms with E-state index in [-0.39, 0.29) is 31.6 Å². The van der Waals surface area contributed by atoms with Crippen molar-refractivity contribution < 1.29 is 29.0 Å². The van der Waals surface area contributed by atoms with E-state index in [1.54, 1.807) is 11.0 Å². The van der Waals surface area contributed by atoms with Gasteiger partial charge >= 0.3 is 5.97 Å². The molecule has 218 valence electrons. The third-order valence-electron chi connectivity index (χ3n) is 9.06. The van der Waals surface area contributed by atoms with Crippen LogP contribution in [0, 0.1) is 25.7 Å².